The summed E-state index contributed by atoms with van der Waals surface area (Å²) in [5.41, 5.74) is 1.22. The van der Waals surface area contributed by atoms with Gasteiger partial charge in [0.15, 0.2) is 0 Å². The maximum absolute atomic E-state index is 13.6. The van der Waals surface area contributed by atoms with Crippen LogP contribution in [0.4, 0.5) is 10.1 Å². The van der Waals surface area contributed by atoms with Crippen molar-refractivity contribution < 1.29 is 18.6 Å². The Kier molecular flexibility index (Phi) is 4.87. The molecule has 0 unspecified atom stereocenters. The highest BCUT2D eigenvalue weighted by Gasteiger charge is 2.13. The molecule has 0 saturated heterocycles. The smallest absolute Gasteiger partial charge is 0.146 e. The summed E-state index contributed by atoms with van der Waals surface area (Å²) in [5, 5.41) is 3.04. The van der Waals surface area contributed by atoms with E-state index in [0.717, 1.165) is 5.56 Å². The number of nitrogens with one attached hydrogen (secondary N) is 1. The van der Waals surface area contributed by atoms with E-state index in [9.17, 15) is 4.39 Å². The minimum absolute atomic E-state index is 0.302. The van der Waals surface area contributed by atoms with Crippen molar-refractivity contribution in [2.75, 3.05) is 26.6 Å². The van der Waals surface area contributed by atoms with Gasteiger partial charge in [-0.3, -0.25) is 0 Å². The summed E-state index contributed by atoms with van der Waals surface area (Å²) in [6.07, 6.45) is 0. The van der Waals surface area contributed by atoms with Gasteiger partial charge in [0.05, 0.1) is 32.6 Å². The number of halogens is 1. The minimum atomic E-state index is -0.302. The van der Waals surface area contributed by atoms with Crippen molar-refractivity contribution in [2.45, 2.75) is 6.54 Å². The van der Waals surface area contributed by atoms with Gasteiger partial charge in [-0.25, -0.2) is 4.39 Å². The van der Waals surface area contributed by atoms with E-state index < -0.39 is 0 Å². The lowest BCUT2D eigenvalue weighted by Gasteiger charge is -2.16. The molecule has 0 aliphatic heterocycles. The molecule has 0 atom stereocenters. The van der Waals surface area contributed by atoms with Crippen LogP contribution in [0.2, 0.25) is 0 Å². The normalized spacial score (nSPS) is 10.1. The zero-order valence-corrected chi connectivity index (χ0v) is 12.3. The predicted molar refractivity (Wildman–Crippen MR) is 79.8 cm³/mol. The third kappa shape index (κ3) is 3.37. The van der Waals surface area contributed by atoms with E-state index in [1.54, 1.807) is 51.7 Å². The van der Waals surface area contributed by atoms with E-state index in [1.165, 1.54) is 6.07 Å². The van der Waals surface area contributed by atoms with Crippen LogP contribution in [-0.2, 0) is 6.54 Å². The summed E-state index contributed by atoms with van der Waals surface area (Å²) in [4.78, 5) is 0. The molecule has 0 saturated carbocycles. The molecule has 0 fully saturated rings. The maximum atomic E-state index is 13.6. The van der Waals surface area contributed by atoms with E-state index in [2.05, 4.69) is 5.32 Å². The molecule has 0 amide bonds. The molecule has 112 valence electrons. The van der Waals surface area contributed by atoms with E-state index in [4.69, 9.17) is 14.2 Å². The Morgan fingerprint density at radius 1 is 0.952 bits per heavy atom. The average molecular weight is 291 g/mol. The van der Waals surface area contributed by atoms with Crippen molar-refractivity contribution in [3.05, 3.63) is 47.8 Å². The fraction of sp³-hybridized carbons (Fsp3) is 0.250. The number of ether oxygens (including phenoxy) is 3. The molecule has 4 nitrogen and oxygen atoms in total. The molecule has 2 aromatic rings. The zero-order chi connectivity index (χ0) is 15.2. The van der Waals surface area contributed by atoms with Gasteiger partial charge in [-0.1, -0.05) is 12.1 Å². The SMILES string of the molecule is COc1cc(OC)c(CNc2ccccc2F)c(OC)c1. The first-order valence-corrected chi connectivity index (χ1v) is 6.47. The molecule has 5 heteroatoms. The van der Waals surface area contributed by atoms with Crippen LogP contribution in [0, 0.1) is 5.82 Å². The maximum Gasteiger partial charge on any atom is 0.146 e. The van der Waals surface area contributed by atoms with Gasteiger partial charge in [-0.15, -0.1) is 0 Å². The summed E-state index contributed by atoms with van der Waals surface area (Å²) in [6, 6.07) is 10.0. The molecule has 21 heavy (non-hydrogen) atoms. The summed E-state index contributed by atoms with van der Waals surface area (Å²) >= 11 is 0. The fourth-order valence-electron chi connectivity index (χ4n) is 2.04. The van der Waals surface area contributed by atoms with Crippen LogP contribution in [0.3, 0.4) is 0 Å². The summed E-state index contributed by atoms with van der Waals surface area (Å²) in [7, 11) is 4.72. The second kappa shape index (κ2) is 6.83. The first-order chi connectivity index (χ1) is 10.2. The second-order valence-electron chi connectivity index (χ2n) is 4.34. The van der Waals surface area contributed by atoms with E-state index in [-0.39, 0.29) is 5.82 Å². The summed E-state index contributed by atoms with van der Waals surface area (Å²) in [5.74, 6) is 1.58. The Morgan fingerprint density at radius 3 is 2.10 bits per heavy atom. The van der Waals surface area contributed by atoms with Crippen molar-refractivity contribution in [2.24, 2.45) is 0 Å². The van der Waals surface area contributed by atoms with Crippen molar-refractivity contribution in [1.82, 2.24) is 0 Å². The van der Waals surface area contributed by atoms with E-state index in [1.807, 2.05) is 0 Å². The van der Waals surface area contributed by atoms with Crippen LogP contribution >= 0.6 is 0 Å². The lowest BCUT2D eigenvalue weighted by Crippen LogP contribution is -2.05. The highest BCUT2D eigenvalue weighted by Crippen LogP contribution is 2.34. The van der Waals surface area contributed by atoms with Gasteiger partial charge in [0.1, 0.15) is 23.1 Å². The quantitative estimate of drug-likeness (QED) is 0.884. The number of anilines is 1. The molecule has 2 rings (SSSR count). The molecule has 0 bridgehead atoms. The first kappa shape index (κ1) is 15.0. The number of methoxy groups -OCH3 is 3. The summed E-state index contributed by atoms with van der Waals surface area (Å²) in [6.45, 7) is 0.372. The Hall–Kier alpha value is -2.43. The van der Waals surface area contributed by atoms with Crippen LogP contribution in [0.15, 0.2) is 36.4 Å². The summed E-state index contributed by atoms with van der Waals surface area (Å²) < 4.78 is 29.5. The predicted octanol–water partition coefficient (Wildman–Crippen LogP) is 3.46. The fourth-order valence-corrected chi connectivity index (χ4v) is 2.04. The van der Waals surface area contributed by atoms with Crippen molar-refractivity contribution >= 4 is 5.69 Å². The largest absolute Gasteiger partial charge is 0.496 e. The Bertz CT molecular complexity index is 591. The number of hydrogen-bond acceptors (Lipinski definition) is 4. The van der Waals surface area contributed by atoms with Crippen LogP contribution in [0.5, 0.6) is 17.2 Å². The standard InChI is InChI=1S/C16H18FNO3/c1-19-11-8-15(20-2)12(16(9-11)21-3)10-18-14-7-5-4-6-13(14)17/h4-9,18H,10H2,1-3H3. The number of rotatable bonds is 6. The number of benzene rings is 2. The van der Waals surface area contributed by atoms with Gasteiger partial charge < -0.3 is 19.5 Å². The molecule has 0 radical (unpaired) electrons. The van der Waals surface area contributed by atoms with E-state index in [0.29, 0.717) is 29.5 Å². The Balaban J connectivity index is 2.28. The Morgan fingerprint density at radius 2 is 1.57 bits per heavy atom. The van der Waals surface area contributed by atoms with E-state index >= 15 is 0 Å². The first-order valence-electron chi connectivity index (χ1n) is 6.47. The third-order valence-electron chi connectivity index (χ3n) is 3.15. The minimum Gasteiger partial charge on any atom is -0.496 e. The molecule has 2 aromatic carbocycles. The molecule has 0 aliphatic rings. The lowest BCUT2D eigenvalue weighted by molar-refractivity contribution is 0.369. The molecule has 1 N–H and O–H groups in total. The van der Waals surface area contributed by atoms with Gasteiger partial charge in [-0.2, -0.15) is 0 Å². The number of hydrogen-bond donors (Lipinski definition) is 1. The zero-order valence-electron chi connectivity index (χ0n) is 12.3. The van der Waals surface area contributed by atoms with Crippen molar-refractivity contribution in [3.8, 4) is 17.2 Å². The highest BCUT2D eigenvalue weighted by molar-refractivity contribution is 5.53. The van der Waals surface area contributed by atoms with Gasteiger partial charge in [-0.05, 0) is 12.1 Å². The molecule has 0 heterocycles. The molecular weight excluding hydrogens is 273 g/mol. The highest BCUT2D eigenvalue weighted by atomic mass is 19.1. The average Bonchev–Trinajstić information content (AvgIpc) is 2.53. The lowest BCUT2D eigenvalue weighted by atomic mass is 10.1. The van der Waals surface area contributed by atoms with Crippen LogP contribution in [-0.4, -0.2) is 21.3 Å². The van der Waals surface area contributed by atoms with Crippen LogP contribution in [0.1, 0.15) is 5.56 Å². The van der Waals surface area contributed by atoms with Crippen LogP contribution in [0.25, 0.3) is 0 Å². The van der Waals surface area contributed by atoms with Crippen molar-refractivity contribution in [1.29, 1.82) is 0 Å². The van der Waals surface area contributed by atoms with Gasteiger partial charge in [0, 0.05) is 18.7 Å². The second-order valence-corrected chi connectivity index (χ2v) is 4.34. The van der Waals surface area contributed by atoms with Gasteiger partial charge in [0.2, 0.25) is 0 Å². The topological polar surface area (TPSA) is 39.7 Å². The molecular formula is C16H18FNO3. The van der Waals surface area contributed by atoms with Gasteiger partial charge in [0.25, 0.3) is 0 Å². The Labute approximate surface area is 123 Å². The number of para-hydroxylation sites is 1. The van der Waals surface area contributed by atoms with Crippen molar-refractivity contribution in [3.63, 3.8) is 0 Å². The monoisotopic (exact) mass is 291 g/mol. The van der Waals surface area contributed by atoms with Gasteiger partial charge >= 0.3 is 0 Å². The molecule has 0 aromatic heterocycles. The molecule has 0 aliphatic carbocycles. The van der Waals surface area contributed by atoms with Crippen LogP contribution < -0.4 is 19.5 Å². The third-order valence-corrected chi connectivity index (χ3v) is 3.15. The molecule has 0 spiro atoms.